The number of nitrogens with zero attached hydrogens (tertiary/aromatic N) is 1. The second-order valence-corrected chi connectivity index (χ2v) is 3.23. The summed E-state index contributed by atoms with van der Waals surface area (Å²) < 4.78 is 0. The lowest BCUT2D eigenvalue weighted by Gasteiger charge is -2.15. The normalized spacial score (nSPS) is 14.8. The minimum Gasteiger partial charge on any atom is -0.326 e. The van der Waals surface area contributed by atoms with Gasteiger partial charge in [-0.3, -0.25) is 10.1 Å². The highest BCUT2D eigenvalue weighted by Crippen LogP contribution is 2.17. The Balaban J connectivity index is 2.88. The quantitative estimate of drug-likeness (QED) is 0.554. The summed E-state index contributed by atoms with van der Waals surface area (Å²) in [5, 5.41) is 10.4. The molecule has 0 radical (unpaired) electrons. The van der Waals surface area contributed by atoms with Crippen molar-refractivity contribution in [1.82, 2.24) is 0 Å². The summed E-state index contributed by atoms with van der Waals surface area (Å²) in [4.78, 5) is 9.92. The maximum absolute atomic E-state index is 10.4. The molecule has 5 heteroatoms. The maximum atomic E-state index is 10.4. The van der Waals surface area contributed by atoms with Crippen molar-refractivity contribution in [2.24, 2.45) is 11.5 Å². The van der Waals surface area contributed by atoms with Crippen molar-refractivity contribution in [2.75, 3.05) is 0 Å². The summed E-state index contributed by atoms with van der Waals surface area (Å²) in [5.41, 5.74) is 12.2. The number of non-ortho nitro benzene ring substituents is 1. The molecule has 2 unspecified atom stereocenters. The first-order valence-corrected chi connectivity index (χ1v) is 4.28. The van der Waals surface area contributed by atoms with Crippen LogP contribution in [0.2, 0.25) is 0 Å². The van der Waals surface area contributed by atoms with Crippen LogP contribution in [0.5, 0.6) is 0 Å². The predicted molar refractivity (Wildman–Crippen MR) is 53.7 cm³/mol. The Hall–Kier alpha value is -1.46. The molecule has 14 heavy (non-hydrogen) atoms. The molecule has 1 aromatic carbocycles. The molecule has 1 rings (SSSR count). The Kier molecular flexibility index (Phi) is 3.16. The average molecular weight is 195 g/mol. The summed E-state index contributed by atoms with van der Waals surface area (Å²) >= 11 is 0. The number of rotatable bonds is 3. The first-order valence-electron chi connectivity index (χ1n) is 4.28. The lowest BCUT2D eigenvalue weighted by molar-refractivity contribution is -0.384. The SMILES string of the molecule is CC(N)C(N)c1ccc([N+](=O)[O-])cc1. The first kappa shape index (κ1) is 10.6. The molecule has 4 N–H and O–H groups in total. The second kappa shape index (κ2) is 4.17. The first-order chi connectivity index (χ1) is 6.52. The molecule has 0 aliphatic heterocycles. The molecule has 0 aliphatic carbocycles. The van der Waals surface area contributed by atoms with Crippen LogP contribution in [-0.4, -0.2) is 11.0 Å². The zero-order valence-electron chi connectivity index (χ0n) is 7.88. The summed E-state index contributed by atoms with van der Waals surface area (Å²) in [7, 11) is 0. The van der Waals surface area contributed by atoms with Gasteiger partial charge in [0.15, 0.2) is 0 Å². The Morgan fingerprint density at radius 2 is 1.79 bits per heavy atom. The molecule has 76 valence electrons. The van der Waals surface area contributed by atoms with Gasteiger partial charge >= 0.3 is 0 Å². The molecule has 0 aromatic heterocycles. The van der Waals surface area contributed by atoms with E-state index in [1.165, 1.54) is 12.1 Å². The van der Waals surface area contributed by atoms with Crippen LogP contribution in [0, 0.1) is 10.1 Å². The maximum Gasteiger partial charge on any atom is 0.269 e. The van der Waals surface area contributed by atoms with E-state index in [-0.39, 0.29) is 17.8 Å². The summed E-state index contributed by atoms with van der Waals surface area (Å²) in [6.07, 6.45) is 0. The van der Waals surface area contributed by atoms with Crippen LogP contribution in [0.3, 0.4) is 0 Å². The highest BCUT2D eigenvalue weighted by molar-refractivity contribution is 5.34. The van der Waals surface area contributed by atoms with E-state index in [4.69, 9.17) is 11.5 Å². The molecule has 0 bridgehead atoms. The van der Waals surface area contributed by atoms with E-state index in [2.05, 4.69) is 0 Å². The monoisotopic (exact) mass is 195 g/mol. The minimum atomic E-state index is -0.443. The van der Waals surface area contributed by atoms with Crippen molar-refractivity contribution in [3.63, 3.8) is 0 Å². The summed E-state index contributed by atoms with van der Waals surface area (Å²) in [6, 6.07) is 5.67. The largest absolute Gasteiger partial charge is 0.326 e. The number of hydrogen-bond donors (Lipinski definition) is 2. The van der Waals surface area contributed by atoms with Gasteiger partial charge in [0.2, 0.25) is 0 Å². The number of nitro benzene ring substituents is 1. The van der Waals surface area contributed by atoms with Crippen molar-refractivity contribution in [3.8, 4) is 0 Å². The Morgan fingerprint density at radius 1 is 1.29 bits per heavy atom. The van der Waals surface area contributed by atoms with Gasteiger partial charge in [0, 0.05) is 24.2 Å². The van der Waals surface area contributed by atoms with Crippen molar-refractivity contribution in [1.29, 1.82) is 0 Å². The lowest BCUT2D eigenvalue weighted by atomic mass is 10.0. The third-order valence-corrected chi connectivity index (χ3v) is 2.06. The van der Waals surface area contributed by atoms with Crippen LogP contribution < -0.4 is 11.5 Å². The van der Waals surface area contributed by atoms with Crippen molar-refractivity contribution in [2.45, 2.75) is 19.0 Å². The highest BCUT2D eigenvalue weighted by atomic mass is 16.6. The van der Waals surface area contributed by atoms with E-state index in [1.54, 1.807) is 19.1 Å². The van der Waals surface area contributed by atoms with Gasteiger partial charge in [-0.25, -0.2) is 0 Å². The molecule has 0 spiro atoms. The van der Waals surface area contributed by atoms with E-state index >= 15 is 0 Å². The van der Waals surface area contributed by atoms with Gasteiger partial charge in [-0.05, 0) is 12.5 Å². The van der Waals surface area contributed by atoms with Gasteiger partial charge in [0.25, 0.3) is 5.69 Å². The molecule has 0 fully saturated rings. The van der Waals surface area contributed by atoms with Gasteiger partial charge in [0.1, 0.15) is 0 Å². The smallest absolute Gasteiger partial charge is 0.269 e. The molecule has 1 aromatic rings. The zero-order chi connectivity index (χ0) is 10.7. The number of hydrogen-bond acceptors (Lipinski definition) is 4. The average Bonchev–Trinajstić information content (AvgIpc) is 2.16. The summed E-state index contributed by atoms with van der Waals surface area (Å²) in [6.45, 7) is 1.80. The fourth-order valence-corrected chi connectivity index (χ4v) is 1.12. The number of nitro groups is 1. The van der Waals surface area contributed by atoms with Crippen molar-refractivity contribution >= 4 is 5.69 Å². The van der Waals surface area contributed by atoms with Crippen LogP contribution in [0.25, 0.3) is 0 Å². The molecule has 5 nitrogen and oxygen atoms in total. The number of nitrogens with two attached hydrogens (primary N) is 2. The molecule has 0 saturated carbocycles. The Morgan fingerprint density at radius 3 is 2.14 bits per heavy atom. The fraction of sp³-hybridized carbons (Fsp3) is 0.333. The number of benzene rings is 1. The van der Waals surface area contributed by atoms with E-state index < -0.39 is 4.92 Å². The topological polar surface area (TPSA) is 95.2 Å². The molecular formula is C9H13N3O2. The van der Waals surface area contributed by atoms with Gasteiger partial charge in [-0.15, -0.1) is 0 Å². The zero-order valence-corrected chi connectivity index (χ0v) is 7.88. The van der Waals surface area contributed by atoms with Crippen LogP contribution in [0.15, 0.2) is 24.3 Å². The van der Waals surface area contributed by atoms with Gasteiger partial charge < -0.3 is 11.5 Å². The lowest BCUT2D eigenvalue weighted by Crippen LogP contribution is -2.30. The van der Waals surface area contributed by atoms with E-state index in [0.29, 0.717) is 0 Å². The molecule has 0 amide bonds. The summed E-state index contributed by atoms with van der Waals surface area (Å²) in [5.74, 6) is 0. The van der Waals surface area contributed by atoms with Crippen molar-refractivity contribution in [3.05, 3.63) is 39.9 Å². The third-order valence-electron chi connectivity index (χ3n) is 2.06. The van der Waals surface area contributed by atoms with E-state index in [9.17, 15) is 10.1 Å². The Bertz CT molecular complexity index is 321. The highest BCUT2D eigenvalue weighted by Gasteiger charge is 2.12. The molecule has 2 atom stereocenters. The molecular weight excluding hydrogens is 182 g/mol. The molecule has 0 saturated heterocycles. The van der Waals surface area contributed by atoms with Gasteiger partial charge in [-0.1, -0.05) is 12.1 Å². The van der Waals surface area contributed by atoms with Crippen LogP contribution >= 0.6 is 0 Å². The molecule has 0 aliphatic rings. The van der Waals surface area contributed by atoms with Gasteiger partial charge in [0.05, 0.1) is 4.92 Å². The van der Waals surface area contributed by atoms with E-state index in [0.717, 1.165) is 5.56 Å². The minimum absolute atomic E-state index is 0.0608. The van der Waals surface area contributed by atoms with Crippen molar-refractivity contribution < 1.29 is 4.92 Å². The third kappa shape index (κ3) is 2.27. The standard InChI is InChI=1S/C9H13N3O2/c1-6(10)9(11)7-2-4-8(5-3-7)12(13)14/h2-6,9H,10-11H2,1H3. The van der Waals surface area contributed by atoms with E-state index in [1.807, 2.05) is 0 Å². The second-order valence-electron chi connectivity index (χ2n) is 3.23. The Labute approximate surface area is 81.9 Å². The fourth-order valence-electron chi connectivity index (χ4n) is 1.12. The predicted octanol–water partition coefficient (Wildman–Crippen LogP) is 0.942. The van der Waals surface area contributed by atoms with Gasteiger partial charge in [-0.2, -0.15) is 0 Å². The van der Waals surface area contributed by atoms with Crippen LogP contribution in [0.1, 0.15) is 18.5 Å². The van der Waals surface area contributed by atoms with Crippen LogP contribution in [-0.2, 0) is 0 Å². The van der Waals surface area contributed by atoms with Crippen LogP contribution in [0.4, 0.5) is 5.69 Å². The molecule has 0 heterocycles.